The second-order valence-corrected chi connectivity index (χ2v) is 4.80. The summed E-state index contributed by atoms with van der Waals surface area (Å²) in [5.41, 5.74) is 1.20. The molecule has 0 saturated heterocycles. The number of halogens is 2. The number of methoxy groups -OCH3 is 1. The van der Waals surface area contributed by atoms with Gasteiger partial charge in [0.15, 0.2) is 5.96 Å². The lowest BCUT2D eigenvalue weighted by Crippen LogP contribution is -2.35. The van der Waals surface area contributed by atoms with Crippen molar-refractivity contribution in [2.45, 2.75) is 6.54 Å². The van der Waals surface area contributed by atoms with E-state index in [0.717, 1.165) is 35.8 Å². The van der Waals surface area contributed by atoms with Crippen LogP contribution in [0.5, 0.6) is 5.75 Å². The van der Waals surface area contributed by atoms with Crippen LogP contribution in [0, 0.1) is 0 Å². The lowest BCUT2D eigenvalue weighted by Gasteiger charge is -2.15. The van der Waals surface area contributed by atoms with Crippen LogP contribution in [0.3, 0.4) is 0 Å². The summed E-state index contributed by atoms with van der Waals surface area (Å²) in [6, 6.07) is 6.06. The zero-order chi connectivity index (χ0) is 12.3. The maximum absolute atomic E-state index is 5.20. The molecule has 0 radical (unpaired) electrons. The molecular weight excluding hydrogens is 409 g/mol. The number of likely N-dealkylation sites (N-methyl/N-ethyl adjacent to an activating group) is 1. The number of rotatable bonds is 3. The first-order valence-electron chi connectivity index (χ1n) is 5.52. The molecule has 0 bridgehead atoms. The maximum Gasteiger partial charge on any atom is 0.194 e. The SMILES string of the molecule is COc1ccc(CNC2=NCCN2C)cc1Br.I. The molecular formula is C12H17BrIN3O. The minimum Gasteiger partial charge on any atom is -0.496 e. The van der Waals surface area contributed by atoms with Crippen molar-refractivity contribution in [1.82, 2.24) is 10.2 Å². The average molecular weight is 426 g/mol. The Kier molecular flexibility index (Phi) is 6.20. The Bertz CT molecular complexity index is 439. The van der Waals surface area contributed by atoms with E-state index in [1.807, 2.05) is 19.2 Å². The van der Waals surface area contributed by atoms with Gasteiger partial charge < -0.3 is 15.0 Å². The van der Waals surface area contributed by atoms with Gasteiger partial charge >= 0.3 is 0 Å². The Morgan fingerprint density at radius 2 is 2.28 bits per heavy atom. The van der Waals surface area contributed by atoms with Crippen LogP contribution in [-0.2, 0) is 6.54 Å². The minimum absolute atomic E-state index is 0. The van der Waals surface area contributed by atoms with Crippen molar-refractivity contribution < 1.29 is 4.74 Å². The van der Waals surface area contributed by atoms with Crippen LogP contribution in [0.25, 0.3) is 0 Å². The molecule has 18 heavy (non-hydrogen) atoms. The molecule has 100 valence electrons. The second kappa shape index (κ2) is 7.18. The quantitative estimate of drug-likeness (QED) is 0.756. The van der Waals surface area contributed by atoms with Crippen LogP contribution in [-0.4, -0.2) is 38.1 Å². The van der Waals surface area contributed by atoms with Gasteiger partial charge in [-0.1, -0.05) is 6.07 Å². The summed E-state index contributed by atoms with van der Waals surface area (Å²) in [5, 5.41) is 3.33. The second-order valence-electron chi connectivity index (χ2n) is 3.95. The third-order valence-corrected chi connectivity index (χ3v) is 3.35. The van der Waals surface area contributed by atoms with Gasteiger partial charge in [0.2, 0.25) is 0 Å². The number of aliphatic imine (C=N–C) groups is 1. The molecule has 0 aromatic heterocycles. The summed E-state index contributed by atoms with van der Waals surface area (Å²) in [5.74, 6) is 1.82. The van der Waals surface area contributed by atoms with Gasteiger partial charge in [-0.25, -0.2) is 0 Å². The highest BCUT2D eigenvalue weighted by atomic mass is 127. The summed E-state index contributed by atoms with van der Waals surface area (Å²) in [6.45, 7) is 2.64. The molecule has 1 aliphatic heterocycles. The highest BCUT2D eigenvalue weighted by Gasteiger charge is 2.11. The van der Waals surface area contributed by atoms with Crippen molar-refractivity contribution in [1.29, 1.82) is 0 Å². The summed E-state index contributed by atoms with van der Waals surface area (Å²) >= 11 is 3.48. The normalized spacial score (nSPS) is 13.9. The van der Waals surface area contributed by atoms with Crippen molar-refractivity contribution in [2.75, 3.05) is 27.2 Å². The van der Waals surface area contributed by atoms with Crippen molar-refractivity contribution in [2.24, 2.45) is 4.99 Å². The predicted octanol–water partition coefficient (Wildman–Crippen LogP) is 2.47. The van der Waals surface area contributed by atoms with Crippen molar-refractivity contribution in [3.8, 4) is 5.75 Å². The van der Waals surface area contributed by atoms with Gasteiger partial charge in [0.25, 0.3) is 0 Å². The van der Waals surface area contributed by atoms with E-state index in [1.54, 1.807) is 7.11 Å². The zero-order valence-corrected chi connectivity index (χ0v) is 14.4. The van der Waals surface area contributed by atoms with Gasteiger partial charge in [-0.2, -0.15) is 0 Å². The molecule has 0 unspecified atom stereocenters. The van der Waals surface area contributed by atoms with E-state index in [4.69, 9.17) is 4.74 Å². The first-order valence-corrected chi connectivity index (χ1v) is 6.32. The molecule has 0 saturated carbocycles. The monoisotopic (exact) mass is 425 g/mol. The predicted molar refractivity (Wildman–Crippen MR) is 87.9 cm³/mol. The first kappa shape index (κ1) is 15.6. The molecule has 0 amide bonds. The van der Waals surface area contributed by atoms with Crippen LogP contribution in [0.15, 0.2) is 27.7 Å². The van der Waals surface area contributed by atoms with Crippen LogP contribution < -0.4 is 10.1 Å². The molecule has 1 heterocycles. The number of ether oxygens (including phenoxy) is 1. The molecule has 1 aromatic carbocycles. The third-order valence-electron chi connectivity index (χ3n) is 2.73. The van der Waals surface area contributed by atoms with Crippen LogP contribution in [0.1, 0.15) is 5.56 Å². The van der Waals surface area contributed by atoms with E-state index in [0.29, 0.717) is 0 Å². The lowest BCUT2D eigenvalue weighted by molar-refractivity contribution is 0.412. The Labute approximate surface area is 133 Å². The molecule has 1 aromatic rings. The molecule has 1 N–H and O–H groups in total. The van der Waals surface area contributed by atoms with Gasteiger partial charge in [0.05, 0.1) is 18.1 Å². The third kappa shape index (κ3) is 3.74. The Balaban J connectivity index is 0.00000162. The number of nitrogens with one attached hydrogen (secondary N) is 1. The van der Waals surface area contributed by atoms with Gasteiger partial charge in [-0.3, -0.25) is 4.99 Å². The summed E-state index contributed by atoms with van der Waals surface area (Å²) in [6.07, 6.45) is 0. The van der Waals surface area contributed by atoms with E-state index in [2.05, 4.69) is 37.2 Å². The number of nitrogens with zero attached hydrogens (tertiary/aromatic N) is 2. The number of guanidine groups is 1. The summed E-state index contributed by atoms with van der Waals surface area (Å²) in [7, 11) is 3.71. The van der Waals surface area contributed by atoms with Gasteiger partial charge in [0.1, 0.15) is 5.75 Å². The van der Waals surface area contributed by atoms with E-state index >= 15 is 0 Å². The molecule has 0 spiro atoms. The van der Waals surface area contributed by atoms with Crippen molar-refractivity contribution in [3.63, 3.8) is 0 Å². The fourth-order valence-corrected chi connectivity index (χ4v) is 2.31. The van der Waals surface area contributed by atoms with Gasteiger partial charge in [-0.05, 0) is 33.6 Å². The molecule has 0 fully saturated rings. The summed E-state index contributed by atoms with van der Waals surface area (Å²) < 4.78 is 6.17. The van der Waals surface area contributed by atoms with Crippen LogP contribution in [0.4, 0.5) is 0 Å². The zero-order valence-electron chi connectivity index (χ0n) is 10.4. The van der Waals surface area contributed by atoms with E-state index in [1.165, 1.54) is 5.56 Å². The highest BCUT2D eigenvalue weighted by molar-refractivity contribution is 14.0. The maximum atomic E-state index is 5.20. The van der Waals surface area contributed by atoms with Gasteiger partial charge in [0, 0.05) is 20.1 Å². The standard InChI is InChI=1S/C12H16BrN3O.HI/c1-16-6-5-14-12(16)15-8-9-3-4-11(17-2)10(13)7-9;/h3-4,7H,5-6,8H2,1-2H3,(H,14,15);1H. The number of hydrogen-bond donors (Lipinski definition) is 1. The fourth-order valence-electron chi connectivity index (χ4n) is 1.72. The largest absolute Gasteiger partial charge is 0.496 e. The van der Waals surface area contributed by atoms with E-state index in [-0.39, 0.29) is 24.0 Å². The highest BCUT2D eigenvalue weighted by Crippen LogP contribution is 2.25. The minimum atomic E-state index is 0. The Morgan fingerprint density at radius 1 is 1.50 bits per heavy atom. The molecule has 0 atom stereocenters. The van der Waals surface area contributed by atoms with E-state index < -0.39 is 0 Å². The van der Waals surface area contributed by atoms with Crippen LogP contribution in [0.2, 0.25) is 0 Å². The molecule has 1 aliphatic rings. The molecule has 6 heteroatoms. The molecule has 0 aliphatic carbocycles. The molecule has 4 nitrogen and oxygen atoms in total. The number of hydrogen-bond acceptors (Lipinski definition) is 4. The fraction of sp³-hybridized carbons (Fsp3) is 0.417. The van der Waals surface area contributed by atoms with Crippen molar-refractivity contribution >= 4 is 45.9 Å². The average Bonchev–Trinajstić information content (AvgIpc) is 2.72. The van der Waals surface area contributed by atoms with Crippen molar-refractivity contribution in [3.05, 3.63) is 28.2 Å². The van der Waals surface area contributed by atoms with Crippen LogP contribution >= 0.6 is 39.9 Å². The summed E-state index contributed by atoms with van der Waals surface area (Å²) in [4.78, 5) is 6.51. The Morgan fingerprint density at radius 3 is 2.83 bits per heavy atom. The lowest BCUT2D eigenvalue weighted by atomic mass is 10.2. The topological polar surface area (TPSA) is 36.9 Å². The van der Waals surface area contributed by atoms with Gasteiger partial charge in [-0.15, -0.1) is 24.0 Å². The van der Waals surface area contributed by atoms with E-state index in [9.17, 15) is 0 Å². The molecule has 2 rings (SSSR count). The first-order chi connectivity index (χ1) is 8.20. The number of benzene rings is 1. The smallest absolute Gasteiger partial charge is 0.194 e. The Hall–Kier alpha value is -0.500.